The third-order valence-electron chi connectivity index (χ3n) is 3.99. The first-order chi connectivity index (χ1) is 10.2. The van der Waals surface area contributed by atoms with Gasteiger partial charge < -0.3 is 5.32 Å². The summed E-state index contributed by atoms with van der Waals surface area (Å²) in [5, 5.41) is 3.35. The van der Waals surface area contributed by atoms with Crippen molar-refractivity contribution in [3.05, 3.63) is 57.9 Å². The van der Waals surface area contributed by atoms with E-state index < -0.39 is 0 Å². The van der Waals surface area contributed by atoms with E-state index in [1.54, 1.807) is 12.1 Å². The molecule has 0 amide bonds. The monoisotopic (exact) mass is 348 g/mol. The van der Waals surface area contributed by atoms with E-state index in [9.17, 15) is 4.39 Å². The molecule has 2 nitrogen and oxygen atoms in total. The molecule has 21 heavy (non-hydrogen) atoms. The van der Waals surface area contributed by atoms with E-state index in [-0.39, 0.29) is 5.82 Å². The van der Waals surface area contributed by atoms with E-state index in [0.29, 0.717) is 5.92 Å². The van der Waals surface area contributed by atoms with Crippen LogP contribution in [0.2, 0.25) is 0 Å². The molecule has 0 saturated carbocycles. The Kier molecular flexibility index (Phi) is 4.54. The standard InChI is InChI=1S/C17H18BrFN2/c18-16-8-7-14(19)11-13(16)6-5-12-3-1-2-4-15(12)17-20-9-10-21-17/h1-2,4,7-8,11-12H,3,5-6,9-10H2,(H,20,21). The number of benzene rings is 1. The Hall–Kier alpha value is -1.42. The summed E-state index contributed by atoms with van der Waals surface area (Å²) in [4.78, 5) is 4.53. The zero-order valence-electron chi connectivity index (χ0n) is 11.8. The summed E-state index contributed by atoms with van der Waals surface area (Å²) in [5.41, 5.74) is 2.33. The normalized spacial score (nSPS) is 21.0. The first kappa shape index (κ1) is 14.5. The SMILES string of the molecule is Fc1ccc(Br)c(CCC2CC=CC=C2C2=NCCN2)c1. The number of hydrogen-bond donors (Lipinski definition) is 1. The molecule has 0 aromatic heterocycles. The Labute approximate surface area is 133 Å². The smallest absolute Gasteiger partial charge is 0.124 e. The summed E-state index contributed by atoms with van der Waals surface area (Å²) in [7, 11) is 0. The van der Waals surface area contributed by atoms with Gasteiger partial charge in [-0.05, 0) is 54.5 Å². The average Bonchev–Trinajstić information content (AvgIpc) is 3.03. The molecule has 1 aromatic rings. The maximum absolute atomic E-state index is 13.4. The summed E-state index contributed by atoms with van der Waals surface area (Å²) >= 11 is 3.51. The zero-order chi connectivity index (χ0) is 14.7. The Bertz CT molecular complexity index is 619. The number of nitrogens with one attached hydrogen (secondary N) is 1. The lowest BCUT2D eigenvalue weighted by Crippen LogP contribution is -2.25. The van der Waals surface area contributed by atoms with E-state index in [0.717, 1.165) is 48.2 Å². The Morgan fingerprint density at radius 3 is 3.10 bits per heavy atom. The summed E-state index contributed by atoms with van der Waals surface area (Å²) in [6.45, 7) is 1.79. The molecule has 1 aromatic carbocycles. The molecule has 3 rings (SSSR count). The number of hydrogen-bond acceptors (Lipinski definition) is 2. The molecule has 0 spiro atoms. The van der Waals surface area contributed by atoms with E-state index >= 15 is 0 Å². The topological polar surface area (TPSA) is 24.4 Å². The summed E-state index contributed by atoms with van der Waals surface area (Å²) in [6, 6.07) is 4.89. The second-order valence-corrected chi connectivity index (χ2v) is 6.27. The molecule has 4 heteroatoms. The lowest BCUT2D eigenvalue weighted by atomic mass is 9.86. The predicted molar refractivity (Wildman–Crippen MR) is 88.1 cm³/mol. The molecule has 1 aliphatic carbocycles. The minimum Gasteiger partial charge on any atom is -0.368 e. The van der Waals surface area contributed by atoms with Gasteiger partial charge in [0.05, 0.1) is 6.54 Å². The van der Waals surface area contributed by atoms with Crippen molar-refractivity contribution in [1.29, 1.82) is 0 Å². The molecule has 1 heterocycles. The zero-order valence-corrected chi connectivity index (χ0v) is 13.4. The predicted octanol–water partition coefficient (Wildman–Crippen LogP) is 4.03. The number of amidine groups is 1. The number of nitrogens with zero attached hydrogens (tertiary/aromatic N) is 1. The molecule has 0 radical (unpaired) electrons. The van der Waals surface area contributed by atoms with Crippen LogP contribution in [0, 0.1) is 11.7 Å². The molecule has 110 valence electrons. The maximum Gasteiger partial charge on any atom is 0.124 e. The van der Waals surface area contributed by atoms with Crippen LogP contribution in [-0.2, 0) is 6.42 Å². The van der Waals surface area contributed by atoms with Gasteiger partial charge in [0, 0.05) is 11.0 Å². The minimum atomic E-state index is -0.172. The van der Waals surface area contributed by atoms with Crippen LogP contribution in [0.1, 0.15) is 18.4 Å². The number of aryl methyl sites for hydroxylation is 1. The van der Waals surface area contributed by atoms with Crippen molar-refractivity contribution in [3.63, 3.8) is 0 Å². The van der Waals surface area contributed by atoms with Crippen molar-refractivity contribution in [2.75, 3.05) is 13.1 Å². The van der Waals surface area contributed by atoms with Gasteiger partial charge in [-0.1, -0.05) is 34.2 Å². The van der Waals surface area contributed by atoms with E-state index in [1.165, 1.54) is 11.6 Å². The average molecular weight is 349 g/mol. The van der Waals surface area contributed by atoms with Gasteiger partial charge in [0.25, 0.3) is 0 Å². The molecule has 1 N–H and O–H groups in total. The summed E-state index contributed by atoms with van der Waals surface area (Å²) < 4.78 is 14.3. The van der Waals surface area contributed by atoms with E-state index in [4.69, 9.17) is 0 Å². The van der Waals surface area contributed by atoms with Gasteiger partial charge in [-0.25, -0.2) is 4.39 Å². The van der Waals surface area contributed by atoms with Crippen LogP contribution in [0.25, 0.3) is 0 Å². The van der Waals surface area contributed by atoms with Gasteiger partial charge in [0.1, 0.15) is 11.7 Å². The first-order valence-electron chi connectivity index (χ1n) is 7.33. The lowest BCUT2D eigenvalue weighted by Gasteiger charge is -2.22. The molecule has 1 atom stereocenters. The number of aliphatic imine (C=N–C) groups is 1. The van der Waals surface area contributed by atoms with Gasteiger partial charge in [0.15, 0.2) is 0 Å². The molecule has 1 aliphatic heterocycles. The first-order valence-corrected chi connectivity index (χ1v) is 8.12. The fourth-order valence-electron chi connectivity index (χ4n) is 2.88. The van der Waals surface area contributed by atoms with E-state index in [2.05, 4.69) is 44.5 Å². The molecule has 0 fully saturated rings. The molecule has 0 bridgehead atoms. The van der Waals surface area contributed by atoms with Gasteiger partial charge in [-0.2, -0.15) is 0 Å². The highest BCUT2D eigenvalue weighted by Crippen LogP contribution is 2.28. The van der Waals surface area contributed by atoms with Crippen molar-refractivity contribution in [2.24, 2.45) is 10.9 Å². The molecule has 0 saturated heterocycles. The van der Waals surface area contributed by atoms with Crippen LogP contribution in [0.3, 0.4) is 0 Å². The van der Waals surface area contributed by atoms with Crippen LogP contribution >= 0.6 is 15.9 Å². The van der Waals surface area contributed by atoms with Gasteiger partial charge >= 0.3 is 0 Å². The number of halogens is 2. The van der Waals surface area contributed by atoms with Crippen molar-refractivity contribution in [3.8, 4) is 0 Å². The van der Waals surface area contributed by atoms with Gasteiger partial charge in [-0.15, -0.1) is 0 Å². The van der Waals surface area contributed by atoms with Crippen LogP contribution < -0.4 is 5.32 Å². The Morgan fingerprint density at radius 2 is 2.29 bits per heavy atom. The van der Waals surface area contributed by atoms with Gasteiger partial charge in [-0.3, -0.25) is 4.99 Å². The third kappa shape index (κ3) is 3.43. The van der Waals surface area contributed by atoms with Crippen LogP contribution in [0.4, 0.5) is 4.39 Å². The van der Waals surface area contributed by atoms with Crippen LogP contribution in [-0.4, -0.2) is 18.9 Å². The summed E-state index contributed by atoms with van der Waals surface area (Å²) in [6.07, 6.45) is 9.35. The number of rotatable bonds is 4. The van der Waals surface area contributed by atoms with E-state index in [1.807, 2.05) is 0 Å². The lowest BCUT2D eigenvalue weighted by molar-refractivity contribution is 0.572. The fraction of sp³-hybridized carbons (Fsp3) is 0.353. The highest BCUT2D eigenvalue weighted by Gasteiger charge is 2.21. The molecular weight excluding hydrogens is 331 g/mol. The molecule has 1 unspecified atom stereocenters. The molecule has 2 aliphatic rings. The van der Waals surface area contributed by atoms with Crippen molar-refractivity contribution >= 4 is 21.8 Å². The third-order valence-corrected chi connectivity index (χ3v) is 4.76. The highest BCUT2D eigenvalue weighted by atomic mass is 79.9. The van der Waals surface area contributed by atoms with Crippen molar-refractivity contribution in [2.45, 2.75) is 19.3 Å². The fourth-order valence-corrected chi connectivity index (χ4v) is 3.32. The Morgan fingerprint density at radius 1 is 1.38 bits per heavy atom. The second kappa shape index (κ2) is 6.56. The van der Waals surface area contributed by atoms with Gasteiger partial charge in [0.2, 0.25) is 0 Å². The maximum atomic E-state index is 13.4. The second-order valence-electron chi connectivity index (χ2n) is 5.41. The largest absolute Gasteiger partial charge is 0.368 e. The van der Waals surface area contributed by atoms with Crippen molar-refractivity contribution in [1.82, 2.24) is 5.32 Å². The van der Waals surface area contributed by atoms with Crippen LogP contribution in [0.15, 0.2) is 51.5 Å². The summed E-state index contributed by atoms with van der Waals surface area (Å²) in [5.74, 6) is 1.33. The highest BCUT2D eigenvalue weighted by molar-refractivity contribution is 9.10. The molecular formula is C17H18BrFN2. The van der Waals surface area contributed by atoms with Crippen LogP contribution in [0.5, 0.6) is 0 Å². The quantitative estimate of drug-likeness (QED) is 0.872. The number of allylic oxidation sites excluding steroid dienone is 3. The Balaban J connectivity index is 1.70. The van der Waals surface area contributed by atoms with Crippen molar-refractivity contribution < 1.29 is 4.39 Å². The minimum absolute atomic E-state index is 0.172.